The largest absolute Gasteiger partial charge is 0.497 e. The van der Waals surface area contributed by atoms with Crippen molar-refractivity contribution in [3.8, 4) is 5.75 Å². The Hall–Kier alpha value is -2.03. The summed E-state index contributed by atoms with van der Waals surface area (Å²) in [4.78, 5) is 11.7. The van der Waals surface area contributed by atoms with Crippen molar-refractivity contribution in [1.29, 1.82) is 0 Å². The first-order chi connectivity index (χ1) is 9.15. The maximum Gasteiger partial charge on any atom is 0.313 e. The Morgan fingerprint density at radius 2 is 1.84 bits per heavy atom. The van der Waals surface area contributed by atoms with Crippen LogP contribution in [-0.2, 0) is 9.53 Å². The highest BCUT2D eigenvalue weighted by Gasteiger charge is 2.16. The molecule has 0 amide bonds. The SMILES string of the molecule is CCOC(=O)[C@H](C)c1ccc2cc(OC)ccc2c1. The van der Waals surface area contributed by atoms with Crippen molar-refractivity contribution in [1.82, 2.24) is 0 Å². The lowest BCUT2D eigenvalue weighted by Crippen LogP contribution is -2.12. The Labute approximate surface area is 113 Å². The van der Waals surface area contributed by atoms with E-state index in [4.69, 9.17) is 9.47 Å². The van der Waals surface area contributed by atoms with Crippen LogP contribution in [0, 0.1) is 0 Å². The second kappa shape index (κ2) is 5.74. The Morgan fingerprint density at radius 3 is 2.53 bits per heavy atom. The van der Waals surface area contributed by atoms with E-state index in [2.05, 4.69) is 0 Å². The van der Waals surface area contributed by atoms with Gasteiger partial charge in [-0.25, -0.2) is 0 Å². The van der Waals surface area contributed by atoms with Crippen molar-refractivity contribution in [2.24, 2.45) is 0 Å². The molecule has 2 aromatic rings. The average Bonchev–Trinajstić information content (AvgIpc) is 2.45. The van der Waals surface area contributed by atoms with Crippen LogP contribution in [0.4, 0.5) is 0 Å². The summed E-state index contributed by atoms with van der Waals surface area (Å²) < 4.78 is 10.2. The molecular formula is C16H18O3. The molecule has 0 saturated carbocycles. The second-order valence-electron chi connectivity index (χ2n) is 4.45. The Morgan fingerprint density at radius 1 is 1.16 bits per heavy atom. The lowest BCUT2D eigenvalue weighted by Gasteiger charge is -2.12. The van der Waals surface area contributed by atoms with Gasteiger partial charge in [-0.15, -0.1) is 0 Å². The van der Waals surface area contributed by atoms with Crippen LogP contribution in [0.2, 0.25) is 0 Å². The third-order valence-electron chi connectivity index (χ3n) is 3.21. The zero-order valence-electron chi connectivity index (χ0n) is 11.5. The number of benzene rings is 2. The van der Waals surface area contributed by atoms with E-state index in [1.807, 2.05) is 50.2 Å². The molecular weight excluding hydrogens is 240 g/mol. The number of fused-ring (bicyclic) bond motifs is 1. The van der Waals surface area contributed by atoms with E-state index in [0.717, 1.165) is 22.1 Å². The van der Waals surface area contributed by atoms with E-state index < -0.39 is 0 Å². The van der Waals surface area contributed by atoms with Crippen molar-refractivity contribution in [3.05, 3.63) is 42.0 Å². The number of methoxy groups -OCH3 is 1. The Balaban J connectivity index is 2.33. The highest BCUT2D eigenvalue weighted by Crippen LogP contribution is 2.25. The standard InChI is InChI=1S/C16H18O3/c1-4-19-16(17)11(2)12-5-6-14-10-15(18-3)8-7-13(14)9-12/h5-11H,4H2,1-3H3/t11-/m1/s1. The molecule has 0 spiro atoms. The molecule has 0 aliphatic heterocycles. The minimum atomic E-state index is -0.244. The summed E-state index contributed by atoms with van der Waals surface area (Å²) in [5.74, 6) is 0.403. The third kappa shape index (κ3) is 2.87. The van der Waals surface area contributed by atoms with Crippen LogP contribution >= 0.6 is 0 Å². The van der Waals surface area contributed by atoms with Crippen molar-refractivity contribution in [3.63, 3.8) is 0 Å². The zero-order valence-corrected chi connectivity index (χ0v) is 11.5. The van der Waals surface area contributed by atoms with Gasteiger partial charge in [0, 0.05) is 0 Å². The molecule has 0 fully saturated rings. The number of rotatable bonds is 4. The van der Waals surface area contributed by atoms with Crippen LogP contribution in [0.5, 0.6) is 5.75 Å². The minimum absolute atomic E-state index is 0.185. The molecule has 3 heteroatoms. The third-order valence-corrected chi connectivity index (χ3v) is 3.21. The van der Waals surface area contributed by atoms with Gasteiger partial charge < -0.3 is 9.47 Å². The van der Waals surface area contributed by atoms with Gasteiger partial charge in [0.15, 0.2) is 0 Å². The molecule has 0 aliphatic carbocycles. The molecule has 0 heterocycles. The van der Waals surface area contributed by atoms with Crippen LogP contribution in [0.15, 0.2) is 36.4 Å². The molecule has 0 radical (unpaired) electrons. The molecule has 2 aromatic carbocycles. The van der Waals surface area contributed by atoms with Gasteiger partial charge in [0.05, 0.1) is 19.6 Å². The fraction of sp³-hybridized carbons (Fsp3) is 0.312. The van der Waals surface area contributed by atoms with Crippen LogP contribution in [-0.4, -0.2) is 19.7 Å². The van der Waals surface area contributed by atoms with Gasteiger partial charge in [-0.1, -0.05) is 24.3 Å². The summed E-state index contributed by atoms with van der Waals surface area (Å²) in [6, 6.07) is 11.9. The van der Waals surface area contributed by atoms with Gasteiger partial charge in [0.2, 0.25) is 0 Å². The molecule has 0 saturated heterocycles. The first-order valence-electron chi connectivity index (χ1n) is 6.40. The second-order valence-corrected chi connectivity index (χ2v) is 4.45. The summed E-state index contributed by atoms with van der Waals surface area (Å²) in [6.45, 7) is 4.09. The topological polar surface area (TPSA) is 35.5 Å². The van der Waals surface area contributed by atoms with Crippen LogP contribution < -0.4 is 4.74 Å². The first-order valence-corrected chi connectivity index (χ1v) is 6.40. The average molecular weight is 258 g/mol. The van der Waals surface area contributed by atoms with Gasteiger partial charge in [-0.05, 0) is 42.3 Å². The zero-order chi connectivity index (χ0) is 13.8. The summed E-state index contributed by atoms with van der Waals surface area (Å²) in [5, 5.41) is 2.19. The van der Waals surface area contributed by atoms with Crippen molar-refractivity contribution < 1.29 is 14.3 Å². The number of esters is 1. The van der Waals surface area contributed by atoms with Gasteiger partial charge in [-0.2, -0.15) is 0 Å². The summed E-state index contributed by atoms with van der Waals surface area (Å²) >= 11 is 0. The molecule has 2 rings (SSSR count). The molecule has 0 bridgehead atoms. The van der Waals surface area contributed by atoms with E-state index in [0.29, 0.717) is 6.61 Å². The fourth-order valence-corrected chi connectivity index (χ4v) is 2.04. The van der Waals surface area contributed by atoms with Crippen LogP contribution in [0.1, 0.15) is 25.3 Å². The van der Waals surface area contributed by atoms with Gasteiger partial charge in [0.25, 0.3) is 0 Å². The highest BCUT2D eigenvalue weighted by molar-refractivity contribution is 5.86. The molecule has 0 unspecified atom stereocenters. The monoisotopic (exact) mass is 258 g/mol. The maximum absolute atomic E-state index is 11.7. The number of carbonyl (C=O) groups excluding carboxylic acids is 1. The fourth-order valence-electron chi connectivity index (χ4n) is 2.04. The van der Waals surface area contributed by atoms with Gasteiger partial charge in [-0.3, -0.25) is 4.79 Å². The number of hydrogen-bond acceptors (Lipinski definition) is 3. The molecule has 3 nitrogen and oxygen atoms in total. The molecule has 0 aliphatic rings. The predicted octanol–water partition coefficient (Wildman–Crippen LogP) is 3.52. The normalized spacial score (nSPS) is 12.2. The highest BCUT2D eigenvalue weighted by atomic mass is 16.5. The Bertz CT molecular complexity index is 590. The van der Waals surface area contributed by atoms with E-state index in [-0.39, 0.29) is 11.9 Å². The molecule has 100 valence electrons. The smallest absolute Gasteiger partial charge is 0.313 e. The van der Waals surface area contributed by atoms with E-state index in [1.165, 1.54) is 0 Å². The number of carbonyl (C=O) groups is 1. The van der Waals surface area contributed by atoms with Crippen molar-refractivity contribution >= 4 is 16.7 Å². The first kappa shape index (κ1) is 13.4. The van der Waals surface area contributed by atoms with Gasteiger partial charge >= 0.3 is 5.97 Å². The Kier molecular flexibility index (Phi) is 4.05. The summed E-state index contributed by atoms with van der Waals surface area (Å²) in [6.07, 6.45) is 0. The predicted molar refractivity (Wildman–Crippen MR) is 75.5 cm³/mol. The number of hydrogen-bond donors (Lipinski definition) is 0. The summed E-state index contributed by atoms with van der Waals surface area (Å²) in [7, 11) is 1.65. The molecule has 0 aromatic heterocycles. The van der Waals surface area contributed by atoms with Gasteiger partial charge in [0.1, 0.15) is 5.75 Å². The minimum Gasteiger partial charge on any atom is -0.497 e. The van der Waals surface area contributed by atoms with Crippen molar-refractivity contribution in [2.75, 3.05) is 13.7 Å². The molecule has 1 atom stereocenters. The quantitative estimate of drug-likeness (QED) is 0.787. The van der Waals surface area contributed by atoms with Crippen molar-refractivity contribution in [2.45, 2.75) is 19.8 Å². The van der Waals surface area contributed by atoms with Crippen LogP contribution in [0.3, 0.4) is 0 Å². The van der Waals surface area contributed by atoms with Crippen LogP contribution in [0.25, 0.3) is 10.8 Å². The molecule has 19 heavy (non-hydrogen) atoms. The lowest BCUT2D eigenvalue weighted by atomic mass is 9.98. The van der Waals surface area contributed by atoms with E-state index in [9.17, 15) is 4.79 Å². The summed E-state index contributed by atoms with van der Waals surface area (Å²) in [5.41, 5.74) is 0.969. The number of ether oxygens (including phenoxy) is 2. The maximum atomic E-state index is 11.7. The van der Waals surface area contributed by atoms with E-state index >= 15 is 0 Å². The lowest BCUT2D eigenvalue weighted by molar-refractivity contribution is -0.144. The molecule has 0 N–H and O–H groups in total. The van der Waals surface area contributed by atoms with E-state index in [1.54, 1.807) is 7.11 Å².